The van der Waals surface area contributed by atoms with E-state index in [0.717, 1.165) is 50.6 Å². The van der Waals surface area contributed by atoms with Crippen molar-refractivity contribution < 1.29 is 19.0 Å². The molecule has 1 saturated heterocycles. The number of benzene rings is 1. The summed E-state index contributed by atoms with van der Waals surface area (Å²) in [4.78, 5) is 17.9. The Morgan fingerprint density at radius 3 is 2.67 bits per heavy atom. The Balaban J connectivity index is 1.91. The van der Waals surface area contributed by atoms with Crippen molar-refractivity contribution >= 4 is 11.9 Å². The van der Waals surface area contributed by atoms with Crippen molar-refractivity contribution in [1.82, 2.24) is 15.5 Å². The topological polar surface area (TPSA) is 84.4 Å². The summed E-state index contributed by atoms with van der Waals surface area (Å²) in [7, 11) is 6.75. The van der Waals surface area contributed by atoms with Crippen LogP contribution in [0.5, 0.6) is 11.5 Å². The standard InChI is InChI=1S/C22H36N4O4/c1-16(10-17-6-7-19(28-4)20(11-17)29-5)12-23-22(25-14-21(27)26(2)3)24-13-18-8-9-30-15-18/h6-7,11,16,18H,8-10,12-15H2,1-5H3,(H2,23,24,25). The number of amides is 1. The van der Waals surface area contributed by atoms with Gasteiger partial charge in [-0.2, -0.15) is 0 Å². The van der Waals surface area contributed by atoms with E-state index in [0.29, 0.717) is 17.8 Å². The van der Waals surface area contributed by atoms with Gasteiger partial charge in [0, 0.05) is 39.7 Å². The highest BCUT2D eigenvalue weighted by Crippen LogP contribution is 2.28. The molecule has 0 saturated carbocycles. The number of guanidine groups is 1. The summed E-state index contributed by atoms with van der Waals surface area (Å²) in [6.07, 6.45) is 1.93. The molecule has 2 unspecified atom stereocenters. The van der Waals surface area contributed by atoms with Crippen LogP contribution in [0.3, 0.4) is 0 Å². The monoisotopic (exact) mass is 420 g/mol. The van der Waals surface area contributed by atoms with Gasteiger partial charge in [0.2, 0.25) is 5.91 Å². The molecule has 0 aromatic heterocycles. The lowest BCUT2D eigenvalue weighted by atomic mass is 10.0. The van der Waals surface area contributed by atoms with E-state index in [9.17, 15) is 4.79 Å². The third-order valence-corrected chi connectivity index (χ3v) is 5.10. The molecular formula is C22H36N4O4. The summed E-state index contributed by atoms with van der Waals surface area (Å²) in [6.45, 7) is 5.40. The molecule has 2 atom stereocenters. The van der Waals surface area contributed by atoms with Gasteiger partial charge in [-0.3, -0.25) is 4.79 Å². The van der Waals surface area contributed by atoms with Crippen molar-refractivity contribution in [3.05, 3.63) is 23.8 Å². The van der Waals surface area contributed by atoms with Gasteiger partial charge in [-0.25, -0.2) is 4.99 Å². The van der Waals surface area contributed by atoms with E-state index in [1.807, 2.05) is 12.1 Å². The van der Waals surface area contributed by atoms with Crippen molar-refractivity contribution in [3.63, 3.8) is 0 Å². The van der Waals surface area contributed by atoms with Crippen LogP contribution in [0.15, 0.2) is 23.2 Å². The summed E-state index contributed by atoms with van der Waals surface area (Å²) in [5.41, 5.74) is 1.18. The first-order chi connectivity index (χ1) is 14.4. The second kappa shape index (κ2) is 12.3. The third kappa shape index (κ3) is 7.74. The van der Waals surface area contributed by atoms with Crippen molar-refractivity contribution in [2.24, 2.45) is 16.8 Å². The van der Waals surface area contributed by atoms with E-state index in [2.05, 4.69) is 28.6 Å². The summed E-state index contributed by atoms with van der Waals surface area (Å²) in [5, 5.41) is 6.74. The molecule has 2 rings (SSSR count). The number of carbonyl (C=O) groups is 1. The van der Waals surface area contributed by atoms with Crippen molar-refractivity contribution in [1.29, 1.82) is 0 Å². The number of hydrogen-bond donors (Lipinski definition) is 2. The summed E-state index contributed by atoms with van der Waals surface area (Å²) < 4.78 is 16.1. The number of rotatable bonds is 10. The normalized spacial score (nSPS) is 17.4. The Labute approximate surface area is 180 Å². The molecule has 1 fully saturated rings. The molecule has 8 nitrogen and oxygen atoms in total. The highest BCUT2D eigenvalue weighted by molar-refractivity contribution is 5.84. The largest absolute Gasteiger partial charge is 0.493 e. The smallest absolute Gasteiger partial charge is 0.243 e. The summed E-state index contributed by atoms with van der Waals surface area (Å²) in [5.74, 6) is 2.93. The first-order valence-corrected chi connectivity index (χ1v) is 10.4. The fraction of sp³-hybridized carbons (Fsp3) is 0.636. The highest BCUT2D eigenvalue weighted by atomic mass is 16.5. The van der Waals surface area contributed by atoms with E-state index >= 15 is 0 Å². The number of likely N-dealkylation sites (N-methyl/N-ethyl adjacent to an activating group) is 1. The molecule has 0 spiro atoms. The van der Waals surface area contributed by atoms with E-state index in [4.69, 9.17) is 14.2 Å². The van der Waals surface area contributed by atoms with E-state index in [1.165, 1.54) is 5.56 Å². The fourth-order valence-corrected chi connectivity index (χ4v) is 3.20. The van der Waals surface area contributed by atoms with Gasteiger partial charge in [0.25, 0.3) is 0 Å². The Morgan fingerprint density at radius 1 is 1.27 bits per heavy atom. The SMILES string of the molecule is COc1ccc(CC(C)CNC(=NCC(=O)N(C)C)NCC2CCOC2)cc1OC. The average molecular weight is 421 g/mol. The second-order valence-electron chi connectivity index (χ2n) is 7.94. The van der Waals surface area contributed by atoms with Gasteiger partial charge >= 0.3 is 0 Å². The lowest BCUT2D eigenvalue weighted by molar-refractivity contribution is -0.127. The molecule has 8 heteroatoms. The van der Waals surface area contributed by atoms with E-state index in [-0.39, 0.29) is 12.5 Å². The molecule has 0 radical (unpaired) electrons. The molecule has 1 aliphatic rings. The minimum atomic E-state index is -0.0290. The van der Waals surface area contributed by atoms with Crippen LogP contribution in [-0.4, -0.2) is 77.9 Å². The number of hydrogen-bond acceptors (Lipinski definition) is 5. The Morgan fingerprint density at radius 2 is 2.03 bits per heavy atom. The second-order valence-corrected chi connectivity index (χ2v) is 7.94. The quantitative estimate of drug-likeness (QED) is 0.441. The number of ether oxygens (including phenoxy) is 3. The van der Waals surface area contributed by atoms with Gasteiger partial charge in [-0.05, 0) is 36.5 Å². The maximum Gasteiger partial charge on any atom is 0.243 e. The summed E-state index contributed by atoms with van der Waals surface area (Å²) in [6, 6.07) is 6.00. The molecule has 30 heavy (non-hydrogen) atoms. The number of aliphatic imine (C=N–C) groups is 1. The Hall–Kier alpha value is -2.48. The van der Waals surface area contributed by atoms with Gasteiger partial charge < -0.3 is 29.7 Å². The van der Waals surface area contributed by atoms with Crippen LogP contribution < -0.4 is 20.1 Å². The molecule has 1 heterocycles. The van der Waals surface area contributed by atoms with Gasteiger partial charge in [-0.1, -0.05) is 13.0 Å². The minimum Gasteiger partial charge on any atom is -0.493 e. The van der Waals surface area contributed by atoms with Crippen LogP contribution in [0, 0.1) is 11.8 Å². The number of carbonyl (C=O) groups excluding carboxylic acids is 1. The van der Waals surface area contributed by atoms with Gasteiger partial charge in [0.05, 0.1) is 20.8 Å². The molecule has 1 aromatic rings. The zero-order valence-corrected chi connectivity index (χ0v) is 18.9. The molecule has 1 aliphatic heterocycles. The molecular weight excluding hydrogens is 384 g/mol. The lowest BCUT2D eigenvalue weighted by Gasteiger charge is -2.19. The van der Waals surface area contributed by atoms with Crippen LogP contribution in [-0.2, 0) is 16.0 Å². The third-order valence-electron chi connectivity index (χ3n) is 5.10. The van der Waals surface area contributed by atoms with Crippen LogP contribution >= 0.6 is 0 Å². The van der Waals surface area contributed by atoms with Crippen LogP contribution in [0.2, 0.25) is 0 Å². The summed E-state index contributed by atoms with van der Waals surface area (Å²) >= 11 is 0. The van der Waals surface area contributed by atoms with Crippen LogP contribution in [0.1, 0.15) is 18.9 Å². The Kier molecular flexibility index (Phi) is 9.73. The van der Waals surface area contributed by atoms with Crippen LogP contribution in [0.25, 0.3) is 0 Å². The predicted molar refractivity (Wildman–Crippen MR) is 118 cm³/mol. The van der Waals surface area contributed by atoms with Crippen molar-refractivity contribution in [3.8, 4) is 11.5 Å². The highest BCUT2D eigenvalue weighted by Gasteiger charge is 2.16. The number of nitrogens with zero attached hydrogens (tertiary/aromatic N) is 2. The maximum absolute atomic E-state index is 11.9. The van der Waals surface area contributed by atoms with E-state index in [1.54, 1.807) is 33.2 Å². The van der Waals surface area contributed by atoms with Gasteiger partial charge in [0.1, 0.15) is 6.54 Å². The minimum absolute atomic E-state index is 0.0290. The first kappa shape index (κ1) is 23.8. The van der Waals surface area contributed by atoms with Crippen LogP contribution in [0.4, 0.5) is 0 Å². The molecule has 168 valence electrons. The molecule has 1 amide bonds. The predicted octanol–water partition coefficient (Wildman–Crippen LogP) is 1.54. The Bertz CT molecular complexity index is 702. The molecule has 1 aromatic carbocycles. The lowest BCUT2D eigenvalue weighted by Crippen LogP contribution is -2.42. The fourth-order valence-electron chi connectivity index (χ4n) is 3.20. The van der Waals surface area contributed by atoms with Crippen molar-refractivity contribution in [2.45, 2.75) is 19.8 Å². The van der Waals surface area contributed by atoms with E-state index < -0.39 is 0 Å². The molecule has 0 aliphatic carbocycles. The number of methoxy groups -OCH3 is 2. The van der Waals surface area contributed by atoms with Gasteiger partial charge in [-0.15, -0.1) is 0 Å². The average Bonchev–Trinajstić information content (AvgIpc) is 3.26. The maximum atomic E-state index is 11.9. The molecule has 0 bridgehead atoms. The van der Waals surface area contributed by atoms with Crippen molar-refractivity contribution in [2.75, 3.05) is 61.2 Å². The van der Waals surface area contributed by atoms with Gasteiger partial charge in [0.15, 0.2) is 17.5 Å². The number of nitrogens with one attached hydrogen (secondary N) is 2. The molecule has 2 N–H and O–H groups in total. The zero-order chi connectivity index (χ0) is 21.9. The first-order valence-electron chi connectivity index (χ1n) is 10.4. The zero-order valence-electron chi connectivity index (χ0n) is 18.9.